The number of thioether (sulfide) groups is 1. The van der Waals surface area contributed by atoms with Crippen molar-refractivity contribution in [2.75, 3.05) is 31.2 Å². The van der Waals surface area contributed by atoms with Gasteiger partial charge in [0.25, 0.3) is 0 Å². The number of hydrogen-bond donors (Lipinski definition) is 1. The average Bonchev–Trinajstić information content (AvgIpc) is 2.48. The Hall–Kier alpha value is -0.710. The molecule has 0 aromatic heterocycles. The van der Waals surface area contributed by atoms with Gasteiger partial charge in [-0.2, -0.15) is 11.8 Å². The molecule has 1 heterocycles. The van der Waals surface area contributed by atoms with Crippen molar-refractivity contribution in [1.82, 2.24) is 10.2 Å². The molecule has 1 aromatic rings. The molecule has 118 valence electrons. The lowest BCUT2D eigenvalue weighted by atomic mass is 10.2. The summed E-state index contributed by atoms with van der Waals surface area (Å²) in [4.78, 5) is 2.53. The van der Waals surface area contributed by atoms with Crippen LogP contribution in [-0.4, -0.2) is 48.2 Å². The third-order valence-corrected chi connectivity index (χ3v) is 5.00. The Morgan fingerprint density at radius 3 is 2.95 bits per heavy atom. The zero-order valence-electron chi connectivity index (χ0n) is 13.5. The van der Waals surface area contributed by atoms with E-state index in [1.807, 2.05) is 6.07 Å². The van der Waals surface area contributed by atoms with Crippen molar-refractivity contribution in [2.45, 2.75) is 39.4 Å². The topological polar surface area (TPSA) is 24.5 Å². The van der Waals surface area contributed by atoms with E-state index in [4.69, 9.17) is 4.74 Å². The predicted molar refractivity (Wildman–Crippen MR) is 92.3 cm³/mol. The third kappa shape index (κ3) is 5.53. The minimum atomic E-state index is 0.491. The molecule has 1 aliphatic rings. The maximum atomic E-state index is 6.03. The lowest BCUT2D eigenvalue weighted by molar-refractivity contribution is 0.182. The molecule has 0 spiro atoms. The quantitative estimate of drug-likeness (QED) is 0.837. The largest absolute Gasteiger partial charge is 0.492 e. The van der Waals surface area contributed by atoms with Gasteiger partial charge in [-0.3, -0.25) is 4.90 Å². The second-order valence-corrected chi connectivity index (χ2v) is 7.10. The number of nitrogens with one attached hydrogen (secondary N) is 1. The van der Waals surface area contributed by atoms with Crippen molar-refractivity contribution in [3.05, 3.63) is 29.8 Å². The third-order valence-electron chi connectivity index (χ3n) is 3.81. The summed E-state index contributed by atoms with van der Waals surface area (Å²) in [6.45, 7) is 10.5. The number of benzene rings is 1. The van der Waals surface area contributed by atoms with Gasteiger partial charge in [0.2, 0.25) is 0 Å². The fourth-order valence-corrected chi connectivity index (χ4v) is 3.55. The van der Waals surface area contributed by atoms with E-state index in [1.165, 1.54) is 23.6 Å². The molecule has 1 N–H and O–H groups in total. The molecule has 3 nitrogen and oxygen atoms in total. The molecule has 21 heavy (non-hydrogen) atoms. The first-order chi connectivity index (χ1) is 10.2. The van der Waals surface area contributed by atoms with Crippen molar-refractivity contribution in [1.29, 1.82) is 0 Å². The summed E-state index contributed by atoms with van der Waals surface area (Å²) < 4.78 is 6.03. The van der Waals surface area contributed by atoms with Crippen LogP contribution in [0.25, 0.3) is 0 Å². The van der Waals surface area contributed by atoms with Crippen molar-refractivity contribution in [3.63, 3.8) is 0 Å². The minimum absolute atomic E-state index is 0.491. The van der Waals surface area contributed by atoms with E-state index in [2.05, 4.69) is 60.9 Å². The van der Waals surface area contributed by atoms with Crippen molar-refractivity contribution in [2.24, 2.45) is 0 Å². The highest BCUT2D eigenvalue weighted by Crippen LogP contribution is 2.19. The second-order valence-electron chi connectivity index (χ2n) is 5.95. The average molecular weight is 308 g/mol. The number of nitrogens with zero attached hydrogens (tertiary/aromatic N) is 1. The molecule has 1 fully saturated rings. The SMILES string of the molecule is CC(C)NCc1ccccc1OCCN1CCSCC1C. The van der Waals surface area contributed by atoms with Crippen LogP contribution in [0.3, 0.4) is 0 Å². The van der Waals surface area contributed by atoms with Gasteiger partial charge in [-0.15, -0.1) is 0 Å². The molecule has 0 radical (unpaired) electrons. The van der Waals surface area contributed by atoms with Crippen LogP contribution in [0.2, 0.25) is 0 Å². The minimum Gasteiger partial charge on any atom is -0.492 e. The molecule has 1 unspecified atom stereocenters. The van der Waals surface area contributed by atoms with Gasteiger partial charge in [0.1, 0.15) is 12.4 Å². The maximum Gasteiger partial charge on any atom is 0.123 e. The lowest BCUT2D eigenvalue weighted by Gasteiger charge is -2.32. The normalized spacial score (nSPS) is 19.9. The summed E-state index contributed by atoms with van der Waals surface area (Å²) in [5, 5.41) is 3.46. The second kappa shape index (κ2) is 8.66. The van der Waals surface area contributed by atoms with Crippen LogP contribution >= 0.6 is 11.8 Å². The molecule has 4 heteroatoms. The van der Waals surface area contributed by atoms with Gasteiger partial charge >= 0.3 is 0 Å². The molecule has 0 aliphatic carbocycles. The Kier molecular flexibility index (Phi) is 6.87. The van der Waals surface area contributed by atoms with Gasteiger partial charge in [0.05, 0.1) is 0 Å². The summed E-state index contributed by atoms with van der Waals surface area (Å²) in [5.74, 6) is 3.51. The van der Waals surface area contributed by atoms with Crippen molar-refractivity contribution in [3.8, 4) is 5.75 Å². The van der Waals surface area contributed by atoms with Crippen LogP contribution in [0.4, 0.5) is 0 Å². The molecule has 1 aliphatic heterocycles. The highest BCUT2D eigenvalue weighted by atomic mass is 32.2. The van der Waals surface area contributed by atoms with E-state index < -0.39 is 0 Å². The number of rotatable bonds is 7. The lowest BCUT2D eigenvalue weighted by Crippen LogP contribution is -2.42. The van der Waals surface area contributed by atoms with Crippen LogP contribution in [0.1, 0.15) is 26.3 Å². The van der Waals surface area contributed by atoms with Crippen LogP contribution in [0.5, 0.6) is 5.75 Å². The summed E-state index contributed by atoms with van der Waals surface area (Å²) >= 11 is 2.06. The summed E-state index contributed by atoms with van der Waals surface area (Å²) in [5.41, 5.74) is 1.24. The molecular weight excluding hydrogens is 280 g/mol. The van der Waals surface area contributed by atoms with Gasteiger partial charge in [0.15, 0.2) is 0 Å². The van der Waals surface area contributed by atoms with Crippen molar-refractivity contribution < 1.29 is 4.74 Å². The van der Waals surface area contributed by atoms with E-state index >= 15 is 0 Å². The molecule has 2 rings (SSSR count). The molecule has 1 aromatic carbocycles. The van der Waals surface area contributed by atoms with Crippen LogP contribution in [0.15, 0.2) is 24.3 Å². The first-order valence-corrected chi connectivity index (χ1v) is 9.08. The molecule has 1 saturated heterocycles. The molecule has 0 amide bonds. The van der Waals surface area contributed by atoms with E-state index in [9.17, 15) is 0 Å². The molecule has 1 atom stereocenters. The number of ether oxygens (including phenoxy) is 1. The van der Waals surface area contributed by atoms with Crippen molar-refractivity contribution >= 4 is 11.8 Å². The van der Waals surface area contributed by atoms with Crippen LogP contribution in [0, 0.1) is 0 Å². The first-order valence-electron chi connectivity index (χ1n) is 7.92. The summed E-state index contributed by atoms with van der Waals surface area (Å²) in [6.07, 6.45) is 0. The fraction of sp³-hybridized carbons (Fsp3) is 0.647. The van der Waals surface area contributed by atoms with Gasteiger partial charge in [0, 0.05) is 48.8 Å². The fourth-order valence-electron chi connectivity index (χ4n) is 2.47. The van der Waals surface area contributed by atoms with E-state index in [0.29, 0.717) is 12.1 Å². The predicted octanol–water partition coefficient (Wildman–Crippen LogP) is 3.00. The molecular formula is C17H28N2OS. The van der Waals surface area contributed by atoms with Gasteiger partial charge in [-0.1, -0.05) is 32.0 Å². The number of para-hydroxylation sites is 1. The summed E-state index contributed by atoms with van der Waals surface area (Å²) in [6, 6.07) is 9.51. The van der Waals surface area contributed by atoms with Gasteiger partial charge < -0.3 is 10.1 Å². The highest BCUT2D eigenvalue weighted by Gasteiger charge is 2.18. The van der Waals surface area contributed by atoms with Gasteiger partial charge in [-0.05, 0) is 13.0 Å². The van der Waals surface area contributed by atoms with E-state index in [1.54, 1.807) is 0 Å². The van der Waals surface area contributed by atoms with E-state index in [-0.39, 0.29) is 0 Å². The Bertz CT molecular complexity index is 425. The number of hydrogen-bond acceptors (Lipinski definition) is 4. The molecule has 0 saturated carbocycles. The highest BCUT2D eigenvalue weighted by molar-refractivity contribution is 7.99. The Morgan fingerprint density at radius 2 is 2.19 bits per heavy atom. The zero-order valence-corrected chi connectivity index (χ0v) is 14.3. The summed E-state index contributed by atoms with van der Waals surface area (Å²) in [7, 11) is 0. The van der Waals surface area contributed by atoms with Crippen LogP contribution in [-0.2, 0) is 6.54 Å². The molecule has 0 bridgehead atoms. The van der Waals surface area contributed by atoms with E-state index in [0.717, 1.165) is 25.4 Å². The zero-order chi connectivity index (χ0) is 15.1. The monoisotopic (exact) mass is 308 g/mol. The van der Waals surface area contributed by atoms with Gasteiger partial charge in [-0.25, -0.2) is 0 Å². The maximum absolute atomic E-state index is 6.03. The smallest absolute Gasteiger partial charge is 0.123 e. The standard InChI is InChI=1S/C17H28N2OS/c1-14(2)18-12-16-6-4-5-7-17(16)20-10-8-19-9-11-21-13-15(19)3/h4-7,14-15,18H,8-13H2,1-3H3. The Balaban J connectivity index is 1.82. The van der Waals surface area contributed by atoms with Crippen LogP contribution < -0.4 is 10.1 Å². The Morgan fingerprint density at radius 1 is 1.38 bits per heavy atom. The Labute approximate surface area is 133 Å². The first kappa shape index (κ1) is 16.7.